The fourth-order valence-electron chi connectivity index (χ4n) is 4.30. The monoisotopic (exact) mass is 386 g/mol. The third kappa shape index (κ3) is 11.4. The van der Waals surface area contributed by atoms with Crippen LogP contribution in [0.3, 0.4) is 0 Å². The van der Waals surface area contributed by atoms with Crippen LogP contribution in [0.2, 0.25) is 0 Å². The van der Waals surface area contributed by atoms with Crippen molar-refractivity contribution in [3.63, 3.8) is 0 Å². The summed E-state index contributed by atoms with van der Waals surface area (Å²) in [6.45, 7) is 8.24. The maximum atomic E-state index is 12.4. The summed E-state index contributed by atoms with van der Waals surface area (Å²) in [6, 6.07) is 0. The Hall–Kier alpha value is -1.44. The van der Waals surface area contributed by atoms with Gasteiger partial charge in [-0.2, -0.15) is 0 Å². The van der Waals surface area contributed by atoms with Gasteiger partial charge in [-0.25, -0.2) is 0 Å². The second kappa shape index (κ2) is 15.5. The summed E-state index contributed by atoms with van der Waals surface area (Å²) in [6.07, 6.45) is 21.9. The van der Waals surface area contributed by atoms with Crippen LogP contribution in [-0.4, -0.2) is 11.6 Å². The number of unbranched alkanes of at least 4 members (excludes halogenated alkanes) is 1. The molecule has 2 atom stereocenters. The summed E-state index contributed by atoms with van der Waals surface area (Å²) in [5.41, 5.74) is 1.06. The number of rotatable bonds is 15. The SMILES string of the molecule is C=C(/C=C\C=C/C)CCCC(=O)CCCC(=O)C[C@H]1CCCCC1CCCC. The second-order valence-electron chi connectivity index (χ2n) is 8.48. The predicted molar refractivity (Wildman–Crippen MR) is 120 cm³/mol. The maximum absolute atomic E-state index is 12.4. The molecule has 0 saturated heterocycles. The zero-order valence-electron chi connectivity index (χ0n) is 18.4. The Morgan fingerprint density at radius 1 is 0.893 bits per heavy atom. The molecule has 0 heterocycles. The summed E-state index contributed by atoms with van der Waals surface area (Å²) in [5, 5.41) is 0. The van der Waals surface area contributed by atoms with E-state index in [-0.39, 0.29) is 5.78 Å². The number of allylic oxidation sites excluding steroid dienone is 5. The minimum Gasteiger partial charge on any atom is -0.300 e. The molecule has 1 rings (SSSR count). The molecular formula is C26H42O2. The van der Waals surface area contributed by atoms with Crippen LogP contribution in [0.15, 0.2) is 36.5 Å². The van der Waals surface area contributed by atoms with Crippen molar-refractivity contribution in [1.29, 1.82) is 0 Å². The highest BCUT2D eigenvalue weighted by molar-refractivity contribution is 5.81. The van der Waals surface area contributed by atoms with Gasteiger partial charge in [0.25, 0.3) is 0 Å². The highest BCUT2D eigenvalue weighted by atomic mass is 16.1. The zero-order chi connectivity index (χ0) is 20.6. The smallest absolute Gasteiger partial charge is 0.133 e. The van der Waals surface area contributed by atoms with Gasteiger partial charge in [0.05, 0.1) is 0 Å². The molecule has 158 valence electrons. The Morgan fingerprint density at radius 3 is 2.21 bits per heavy atom. The van der Waals surface area contributed by atoms with Crippen molar-refractivity contribution in [2.75, 3.05) is 0 Å². The van der Waals surface area contributed by atoms with E-state index in [9.17, 15) is 9.59 Å². The highest BCUT2D eigenvalue weighted by Gasteiger charge is 2.26. The van der Waals surface area contributed by atoms with Crippen LogP contribution in [0, 0.1) is 11.8 Å². The maximum Gasteiger partial charge on any atom is 0.133 e. The lowest BCUT2D eigenvalue weighted by Crippen LogP contribution is -2.22. The first-order valence-electron chi connectivity index (χ1n) is 11.6. The van der Waals surface area contributed by atoms with Gasteiger partial charge in [-0.05, 0) is 44.4 Å². The van der Waals surface area contributed by atoms with Crippen molar-refractivity contribution >= 4 is 11.6 Å². The van der Waals surface area contributed by atoms with Crippen LogP contribution in [0.4, 0.5) is 0 Å². The van der Waals surface area contributed by atoms with E-state index < -0.39 is 0 Å². The normalized spacial score (nSPS) is 20.1. The molecule has 0 amide bonds. The van der Waals surface area contributed by atoms with Crippen LogP contribution >= 0.6 is 0 Å². The molecule has 0 bridgehead atoms. The van der Waals surface area contributed by atoms with Crippen LogP contribution < -0.4 is 0 Å². The Labute approximate surface area is 173 Å². The van der Waals surface area contributed by atoms with Crippen LogP contribution in [0.25, 0.3) is 0 Å². The van der Waals surface area contributed by atoms with E-state index in [1.807, 2.05) is 31.2 Å². The van der Waals surface area contributed by atoms with Gasteiger partial charge in [-0.3, -0.25) is 9.59 Å². The van der Waals surface area contributed by atoms with Gasteiger partial charge >= 0.3 is 0 Å². The second-order valence-corrected chi connectivity index (χ2v) is 8.48. The minimum absolute atomic E-state index is 0.288. The van der Waals surface area contributed by atoms with Gasteiger partial charge in [-0.1, -0.05) is 81.9 Å². The number of ketones is 2. The average Bonchev–Trinajstić information content (AvgIpc) is 2.67. The molecule has 0 spiro atoms. The quantitative estimate of drug-likeness (QED) is 0.272. The molecule has 1 fully saturated rings. The van der Waals surface area contributed by atoms with Crippen LogP contribution in [0.5, 0.6) is 0 Å². The van der Waals surface area contributed by atoms with E-state index in [2.05, 4.69) is 13.5 Å². The highest BCUT2D eigenvalue weighted by Crippen LogP contribution is 2.36. The molecule has 0 aliphatic heterocycles. The number of carbonyl (C=O) groups excluding carboxylic acids is 2. The van der Waals surface area contributed by atoms with Crippen molar-refractivity contribution < 1.29 is 9.59 Å². The molecule has 0 N–H and O–H groups in total. The predicted octanol–water partition coefficient (Wildman–Crippen LogP) is 7.54. The first-order valence-corrected chi connectivity index (χ1v) is 11.6. The summed E-state index contributed by atoms with van der Waals surface area (Å²) in [7, 11) is 0. The van der Waals surface area contributed by atoms with E-state index in [0.29, 0.717) is 31.0 Å². The van der Waals surface area contributed by atoms with Gasteiger partial charge in [0.2, 0.25) is 0 Å². The fourth-order valence-corrected chi connectivity index (χ4v) is 4.30. The molecule has 1 aliphatic rings. The van der Waals surface area contributed by atoms with Crippen molar-refractivity contribution in [3.8, 4) is 0 Å². The molecule has 1 saturated carbocycles. The lowest BCUT2D eigenvalue weighted by molar-refractivity contribution is -0.121. The van der Waals surface area contributed by atoms with Crippen LogP contribution in [-0.2, 0) is 9.59 Å². The summed E-state index contributed by atoms with van der Waals surface area (Å²) in [5.74, 6) is 2.03. The van der Waals surface area contributed by atoms with E-state index in [0.717, 1.165) is 37.2 Å². The van der Waals surface area contributed by atoms with Gasteiger partial charge in [-0.15, -0.1) is 0 Å². The van der Waals surface area contributed by atoms with E-state index in [4.69, 9.17) is 0 Å². The average molecular weight is 387 g/mol. The van der Waals surface area contributed by atoms with E-state index >= 15 is 0 Å². The van der Waals surface area contributed by atoms with Crippen molar-refractivity contribution in [2.24, 2.45) is 11.8 Å². The number of carbonyl (C=O) groups is 2. The first-order chi connectivity index (χ1) is 13.6. The van der Waals surface area contributed by atoms with Gasteiger partial charge in [0.1, 0.15) is 11.6 Å². The Bertz CT molecular complexity index is 527. The van der Waals surface area contributed by atoms with Crippen molar-refractivity contribution in [1.82, 2.24) is 0 Å². The van der Waals surface area contributed by atoms with E-state index in [1.54, 1.807) is 0 Å². The Kier molecular flexibility index (Phi) is 13.6. The number of hydrogen-bond acceptors (Lipinski definition) is 2. The van der Waals surface area contributed by atoms with Crippen LogP contribution in [0.1, 0.15) is 104 Å². The van der Waals surface area contributed by atoms with Gasteiger partial charge < -0.3 is 0 Å². The fraction of sp³-hybridized carbons (Fsp3) is 0.692. The molecule has 0 aromatic rings. The lowest BCUT2D eigenvalue weighted by Gasteiger charge is -2.31. The standard InChI is InChI=1S/C26H42O2/c1-4-6-8-13-22(3)14-11-18-25(27)19-12-20-26(28)21-24-17-10-9-16-23(24)15-7-5-2/h4,6,8,13,23-24H,3,5,7,9-12,14-21H2,1-2H3/b6-4-,13-8-/t23?,24-/m1/s1. The van der Waals surface area contributed by atoms with Gasteiger partial charge in [0, 0.05) is 25.7 Å². The summed E-state index contributed by atoms with van der Waals surface area (Å²) in [4.78, 5) is 24.5. The molecule has 0 radical (unpaired) electrons. The molecule has 1 unspecified atom stereocenters. The molecule has 1 aliphatic carbocycles. The first kappa shape index (κ1) is 24.6. The Morgan fingerprint density at radius 2 is 1.54 bits per heavy atom. The molecule has 28 heavy (non-hydrogen) atoms. The topological polar surface area (TPSA) is 34.1 Å². The molecular weight excluding hydrogens is 344 g/mol. The third-order valence-electron chi connectivity index (χ3n) is 5.99. The lowest BCUT2D eigenvalue weighted by atomic mass is 9.74. The largest absolute Gasteiger partial charge is 0.300 e. The zero-order valence-corrected chi connectivity index (χ0v) is 18.4. The summed E-state index contributed by atoms with van der Waals surface area (Å²) >= 11 is 0. The van der Waals surface area contributed by atoms with Crippen molar-refractivity contribution in [2.45, 2.75) is 104 Å². The molecule has 2 heteroatoms. The summed E-state index contributed by atoms with van der Waals surface area (Å²) < 4.78 is 0. The Balaban J connectivity index is 2.17. The third-order valence-corrected chi connectivity index (χ3v) is 5.99. The van der Waals surface area contributed by atoms with Crippen molar-refractivity contribution in [3.05, 3.63) is 36.5 Å². The van der Waals surface area contributed by atoms with E-state index in [1.165, 1.54) is 44.9 Å². The molecule has 0 aromatic carbocycles. The minimum atomic E-state index is 0.288. The number of Topliss-reactive ketones (excluding diaryl/α,β-unsaturated/α-hetero) is 2. The molecule has 2 nitrogen and oxygen atoms in total. The van der Waals surface area contributed by atoms with Gasteiger partial charge in [0.15, 0.2) is 0 Å². The number of hydrogen-bond donors (Lipinski definition) is 0. The molecule has 0 aromatic heterocycles.